The third-order valence-corrected chi connectivity index (χ3v) is 4.29. The number of aliphatic hydroxyl groups is 1. The maximum atomic E-state index is 11.7. The molecule has 1 saturated heterocycles. The summed E-state index contributed by atoms with van der Waals surface area (Å²) in [5.74, 6) is 0. The van der Waals surface area contributed by atoms with Gasteiger partial charge in [0.1, 0.15) is 0 Å². The molecule has 0 saturated carbocycles. The molecule has 3 rings (SSSR count). The van der Waals surface area contributed by atoms with Crippen molar-refractivity contribution in [3.63, 3.8) is 0 Å². The number of fused-ring (bicyclic) bond motifs is 1. The normalized spacial score (nSPS) is 17.4. The maximum Gasteiger partial charge on any atom is 0.409 e. The van der Waals surface area contributed by atoms with Crippen LogP contribution < -0.4 is 0 Å². The van der Waals surface area contributed by atoms with E-state index in [0.717, 1.165) is 29.6 Å². The van der Waals surface area contributed by atoms with E-state index in [1.165, 1.54) is 0 Å². The molecule has 6 heteroatoms. The molecule has 1 aliphatic rings. The largest absolute Gasteiger partial charge is 0.450 e. The summed E-state index contributed by atoms with van der Waals surface area (Å²) in [6.45, 7) is 5.57. The number of β-amino-alcohol motifs (C(OH)–C–C–N with tert-alkyl or cyclic N) is 1. The smallest absolute Gasteiger partial charge is 0.409 e. The molecule has 6 nitrogen and oxygen atoms in total. The molecule has 0 aliphatic carbocycles. The lowest BCUT2D eigenvalue weighted by Crippen LogP contribution is -2.49. The van der Waals surface area contributed by atoms with Gasteiger partial charge in [-0.2, -0.15) is 0 Å². The fraction of sp³-hybridized carbons (Fsp3) is 0.471. The Bertz CT molecular complexity index is 662. The van der Waals surface area contributed by atoms with Crippen molar-refractivity contribution >= 4 is 17.0 Å². The second kappa shape index (κ2) is 7.02. The Balaban J connectivity index is 1.54. The third-order valence-electron chi connectivity index (χ3n) is 4.29. The fourth-order valence-corrected chi connectivity index (χ4v) is 2.95. The van der Waals surface area contributed by atoms with Gasteiger partial charge < -0.3 is 19.7 Å². The number of benzene rings is 1. The molecule has 2 N–H and O–H groups in total. The molecule has 124 valence electrons. The van der Waals surface area contributed by atoms with Crippen molar-refractivity contribution < 1.29 is 14.6 Å². The van der Waals surface area contributed by atoms with Gasteiger partial charge in [-0.3, -0.25) is 4.90 Å². The Labute approximate surface area is 135 Å². The maximum absolute atomic E-state index is 11.7. The lowest BCUT2D eigenvalue weighted by Gasteiger charge is -2.35. The van der Waals surface area contributed by atoms with Gasteiger partial charge in [-0.15, -0.1) is 0 Å². The van der Waals surface area contributed by atoms with Crippen LogP contribution in [0.3, 0.4) is 0 Å². The van der Waals surface area contributed by atoms with Crippen LogP contribution in [0, 0.1) is 0 Å². The highest BCUT2D eigenvalue weighted by molar-refractivity contribution is 5.79. The van der Waals surface area contributed by atoms with Crippen LogP contribution in [-0.4, -0.2) is 65.3 Å². The van der Waals surface area contributed by atoms with Crippen molar-refractivity contribution in [1.82, 2.24) is 14.8 Å². The van der Waals surface area contributed by atoms with E-state index in [4.69, 9.17) is 4.74 Å². The highest BCUT2D eigenvalue weighted by Gasteiger charge is 2.23. The minimum atomic E-state index is -0.531. The number of hydrogen-bond donors (Lipinski definition) is 2. The summed E-state index contributed by atoms with van der Waals surface area (Å²) in [7, 11) is 0. The number of aromatic amines is 1. The van der Waals surface area contributed by atoms with E-state index in [1.807, 2.05) is 37.4 Å². The van der Waals surface area contributed by atoms with Crippen LogP contribution in [-0.2, 0) is 4.74 Å². The number of nitrogens with one attached hydrogen (secondary N) is 1. The summed E-state index contributed by atoms with van der Waals surface area (Å²) >= 11 is 0. The average molecular weight is 317 g/mol. The van der Waals surface area contributed by atoms with Crippen molar-refractivity contribution in [3.05, 3.63) is 36.0 Å². The van der Waals surface area contributed by atoms with Crippen LogP contribution in [0.15, 0.2) is 30.5 Å². The molecule has 0 spiro atoms. The molecule has 0 unspecified atom stereocenters. The second-order valence-corrected chi connectivity index (χ2v) is 5.83. The molecule has 1 aromatic carbocycles. The predicted molar refractivity (Wildman–Crippen MR) is 88.3 cm³/mol. The summed E-state index contributed by atoms with van der Waals surface area (Å²) in [5, 5.41) is 11.6. The van der Waals surface area contributed by atoms with E-state index in [2.05, 4.69) is 9.88 Å². The molecule has 0 radical (unpaired) electrons. The molecule has 0 bridgehead atoms. The minimum Gasteiger partial charge on any atom is -0.450 e. The first-order valence-electron chi connectivity index (χ1n) is 8.06. The van der Waals surface area contributed by atoms with E-state index in [0.29, 0.717) is 26.2 Å². The minimum absolute atomic E-state index is 0.245. The van der Waals surface area contributed by atoms with Gasteiger partial charge in [0.15, 0.2) is 0 Å². The van der Waals surface area contributed by atoms with Gasteiger partial charge >= 0.3 is 6.09 Å². The average Bonchev–Trinajstić information content (AvgIpc) is 3.03. The quantitative estimate of drug-likeness (QED) is 0.905. The Morgan fingerprint density at radius 2 is 2.09 bits per heavy atom. The first-order valence-corrected chi connectivity index (χ1v) is 8.06. The number of rotatable bonds is 4. The molecule has 1 aliphatic heterocycles. The zero-order valence-corrected chi connectivity index (χ0v) is 13.4. The number of H-pyrrole nitrogens is 1. The van der Waals surface area contributed by atoms with Crippen molar-refractivity contribution in [2.24, 2.45) is 0 Å². The van der Waals surface area contributed by atoms with Crippen molar-refractivity contribution in [2.75, 3.05) is 39.3 Å². The summed E-state index contributed by atoms with van der Waals surface area (Å²) < 4.78 is 5.02. The van der Waals surface area contributed by atoms with Crippen LogP contribution in [0.1, 0.15) is 18.6 Å². The van der Waals surface area contributed by atoms with Crippen molar-refractivity contribution in [2.45, 2.75) is 13.0 Å². The standard InChI is InChI=1S/C17H23N3O3/c1-2-23-17(22)20-9-7-19(8-10-20)12-16(21)14-4-3-13-5-6-18-15(13)11-14/h3-6,11,16,18,21H,2,7-10,12H2,1H3/t16-/m0/s1. The van der Waals surface area contributed by atoms with Gasteiger partial charge in [-0.25, -0.2) is 4.79 Å². The van der Waals surface area contributed by atoms with Gasteiger partial charge in [-0.1, -0.05) is 12.1 Å². The number of carbonyl (C=O) groups is 1. The zero-order valence-electron chi connectivity index (χ0n) is 13.4. The first-order chi connectivity index (χ1) is 11.2. The van der Waals surface area contributed by atoms with E-state index in [-0.39, 0.29) is 6.09 Å². The molecular weight excluding hydrogens is 294 g/mol. The zero-order chi connectivity index (χ0) is 16.2. The highest BCUT2D eigenvalue weighted by Crippen LogP contribution is 2.20. The Morgan fingerprint density at radius 3 is 2.83 bits per heavy atom. The van der Waals surface area contributed by atoms with Crippen molar-refractivity contribution in [1.29, 1.82) is 0 Å². The molecule has 1 fully saturated rings. The number of aliphatic hydroxyl groups excluding tert-OH is 1. The van der Waals surface area contributed by atoms with Crippen LogP contribution >= 0.6 is 0 Å². The van der Waals surface area contributed by atoms with Gasteiger partial charge in [0.25, 0.3) is 0 Å². The molecule has 1 amide bonds. The molecule has 23 heavy (non-hydrogen) atoms. The monoisotopic (exact) mass is 317 g/mol. The molecular formula is C17H23N3O3. The van der Waals surface area contributed by atoms with E-state index in [1.54, 1.807) is 4.90 Å². The molecule has 1 aromatic heterocycles. The lowest BCUT2D eigenvalue weighted by molar-refractivity contribution is 0.0578. The van der Waals surface area contributed by atoms with Crippen LogP contribution in [0.5, 0.6) is 0 Å². The summed E-state index contributed by atoms with van der Waals surface area (Å²) in [6.07, 6.45) is 1.12. The highest BCUT2D eigenvalue weighted by atomic mass is 16.6. The van der Waals surface area contributed by atoms with E-state index < -0.39 is 6.10 Å². The summed E-state index contributed by atoms with van der Waals surface area (Å²) in [6, 6.07) is 7.99. The number of amides is 1. The number of ether oxygens (including phenoxy) is 1. The Hall–Kier alpha value is -2.05. The first kappa shape index (κ1) is 15.8. The summed E-state index contributed by atoms with van der Waals surface area (Å²) in [4.78, 5) is 18.7. The molecule has 2 heterocycles. The Morgan fingerprint density at radius 1 is 1.30 bits per heavy atom. The SMILES string of the molecule is CCOC(=O)N1CCN(C[C@H](O)c2ccc3cc[nH]c3c2)CC1. The van der Waals surface area contributed by atoms with Crippen LogP contribution in [0.2, 0.25) is 0 Å². The third kappa shape index (κ3) is 3.65. The molecule has 1 atom stereocenters. The topological polar surface area (TPSA) is 68.8 Å². The van der Waals surface area contributed by atoms with Gasteiger partial charge in [-0.05, 0) is 30.0 Å². The lowest BCUT2D eigenvalue weighted by atomic mass is 10.1. The predicted octanol–water partition coefficient (Wildman–Crippen LogP) is 1.98. The van der Waals surface area contributed by atoms with E-state index in [9.17, 15) is 9.90 Å². The second-order valence-electron chi connectivity index (χ2n) is 5.83. The summed E-state index contributed by atoms with van der Waals surface area (Å²) in [5.41, 5.74) is 1.95. The number of nitrogens with zero attached hydrogens (tertiary/aromatic N) is 2. The van der Waals surface area contributed by atoms with Gasteiger partial charge in [0.05, 0.1) is 12.7 Å². The number of aromatic nitrogens is 1. The van der Waals surface area contributed by atoms with Crippen LogP contribution in [0.4, 0.5) is 4.79 Å². The van der Waals surface area contributed by atoms with Crippen molar-refractivity contribution in [3.8, 4) is 0 Å². The molecule has 2 aromatic rings. The van der Waals surface area contributed by atoms with Gasteiger partial charge in [0.2, 0.25) is 0 Å². The Kier molecular flexibility index (Phi) is 4.83. The number of carbonyl (C=O) groups excluding carboxylic acids is 1. The number of piperazine rings is 1. The van der Waals surface area contributed by atoms with Gasteiger partial charge in [0, 0.05) is 44.4 Å². The van der Waals surface area contributed by atoms with E-state index >= 15 is 0 Å². The number of hydrogen-bond acceptors (Lipinski definition) is 4. The van der Waals surface area contributed by atoms with Crippen LogP contribution in [0.25, 0.3) is 10.9 Å². The fourth-order valence-electron chi connectivity index (χ4n) is 2.95.